The van der Waals surface area contributed by atoms with Gasteiger partial charge >= 0.3 is 0 Å². The zero-order valence-corrected chi connectivity index (χ0v) is 39.3. The molecule has 0 fully saturated rings. The van der Waals surface area contributed by atoms with Gasteiger partial charge in [-0.1, -0.05) is 224 Å². The largest absolute Gasteiger partial charge is 0.309 e. The smallest absolute Gasteiger partial charge is 0.181 e. The van der Waals surface area contributed by atoms with Crippen LogP contribution in [0.25, 0.3) is 93.6 Å². The van der Waals surface area contributed by atoms with Crippen molar-refractivity contribution in [1.82, 2.24) is 13.7 Å². The van der Waals surface area contributed by atoms with Crippen LogP contribution in [0.5, 0.6) is 0 Å². The number of aromatic nitrogens is 3. The zero-order chi connectivity index (χ0) is 46.2. The highest BCUT2D eigenvalue weighted by Crippen LogP contribution is 2.45. The van der Waals surface area contributed by atoms with Gasteiger partial charge in [-0.25, -0.2) is 0 Å². The summed E-state index contributed by atoms with van der Waals surface area (Å²) in [6, 6.07) is 102. The van der Waals surface area contributed by atoms with Gasteiger partial charge in [0.05, 0.1) is 50.2 Å². The molecule has 14 rings (SSSR count). The number of hydrogen-bond acceptors (Lipinski definition) is 0. The SMILES string of the molecule is c1ccc(-c2ccccc2-n2c3cccc(-n4c5ccccc5c5ccccc54)c3c3c(-n4c5ccccc5c5cccc([Si](c6ccccc6)(c6ccccc6)c6ccccc6)c54)cccc32)cc1. The van der Waals surface area contributed by atoms with Crippen molar-refractivity contribution in [2.45, 2.75) is 0 Å². The lowest BCUT2D eigenvalue weighted by Crippen LogP contribution is -2.75. The van der Waals surface area contributed by atoms with E-state index < -0.39 is 8.07 Å². The van der Waals surface area contributed by atoms with Crippen LogP contribution in [0.2, 0.25) is 0 Å². The predicted molar refractivity (Wildman–Crippen MR) is 299 cm³/mol. The van der Waals surface area contributed by atoms with E-state index in [0.717, 1.165) is 28.1 Å². The molecule has 3 heterocycles. The molecular weight excluding hydrogens is 863 g/mol. The minimum absolute atomic E-state index is 1.14. The predicted octanol–water partition coefficient (Wildman–Crippen LogP) is 14.0. The van der Waals surface area contributed by atoms with Gasteiger partial charge in [0.1, 0.15) is 0 Å². The molecular formula is C66H45N3Si. The fraction of sp³-hybridized carbons (Fsp3) is 0. The van der Waals surface area contributed by atoms with E-state index in [4.69, 9.17) is 0 Å². The molecule has 0 atom stereocenters. The van der Waals surface area contributed by atoms with E-state index in [9.17, 15) is 0 Å². The van der Waals surface area contributed by atoms with Gasteiger partial charge < -0.3 is 13.7 Å². The fourth-order valence-electron chi connectivity index (χ4n) is 12.0. The molecule has 0 spiro atoms. The third-order valence-electron chi connectivity index (χ3n) is 14.8. The van der Waals surface area contributed by atoms with Crippen LogP contribution in [-0.4, -0.2) is 21.8 Å². The van der Waals surface area contributed by atoms with E-state index in [1.54, 1.807) is 0 Å². The van der Waals surface area contributed by atoms with Gasteiger partial charge in [0, 0.05) is 37.9 Å². The third-order valence-corrected chi connectivity index (χ3v) is 19.6. The third kappa shape index (κ3) is 5.81. The van der Waals surface area contributed by atoms with E-state index in [-0.39, 0.29) is 0 Å². The Balaban J connectivity index is 1.20. The summed E-state index contributed by atoms with van der Waals surface area (Å²) in [5.74, 6) is 0. The molecule has 0 saturated carbocycles. The quantitative estimate of drug-likeness (QED) is 0.107. The van der Waals surface area contributed by atoms with Crippen molar-refractivity contribution in [2.75, 3.05) is 0 Å². The van der Waals surface area contributed by atoms with Gasteiger partial charge in [0.15, 0.2) is 8.07 Å². The molecule has 70 heavy (non-hydrogen) atoms. The number of benzene rings is 11. The van der Waals surface area contributed by atoms with Crippen molar-refractivity contribution in [3.8, 4) is 28.2 Å². The van der Waals surface area contributed by atoms with Crippen LogP contribution in [0.1, 0.15) is 0 Å². The first kappa shape index (κ1) is 40.1. The number of para-hydroxylation sites is 5. The highest BCUT2D eigenvalue weighted by atomic mass is 28.3. The summed E-state index contributed by atoms with van der Waals surface area (Å²) in [6.45, 7) is 0. The van der Waals surface area contributed by atoms with Crippen molar-refractivity contribution in [3.63, 3.8) is 0 Å². The molecule has 3 nitrogen and oxygen atoms in total. The lowest BCUT2D eigenvalue weighted by Gasteiger charge is -2.35. The molecule has 328 valence electrons. The molecule has 11 aromatic carbocycles. The van der Waals surface area contributed by atoms with Crippen LogP contribution < -0.4 is 20.7 Å². The number of fused-ring (bicyclic) bond motifs is 9. The molecule has 0 radical (unpaired) electrons. The Morgan fingerprint density at radius 1 is 0.243 bits per heavy atom. The Labute approximate surface area is 407 Å². The first-order chi connectivity index (χ1) is 34.8. The molecule has 0 unspecified atom stereocenters. The van der Waals surface area contributed by atoms with Crippen LogP contribution in [0, 0.1) is 0 Å². The van der Waals surface area contributed by atoms with Gasteiger partial charge in [0.25, 0.3) is 0 Å². The summed E-state index contributed by atoms with van der Waals surface area (Å²) in [4.78, 5) is 0. The summed E-state index contributed by atoms with van der Waals surface area (Å²) in [7, 11) is -3.05. The summed E-state index contributed by atoms with van der Waals surface area (Å²) in [5, 5.41) is 12.7. The average Bonchev–Trinajstić information content (AvgIpc) is 4.09. The number of nitrogens with zero attached hydrogens (tertiary/aromatic N) is 3. The topological polar surface area (TPSA) is 14.8 Å². The second-order valence-corrected chi connectivity index (χ2v) is 22.1. The maximum atomic E-state index is 2.63. The van der Waals surface area contributed by atoms with Crippen LogP contribution in [0.4, 0.5) is 0 Å². The summed E-state index contributed by atoms with van der Waals surface area (Å²) < 4.78 is 7.67. The fourth-order valence-corrected chi connectivity index (χ4v) is 17.0. The van der Waals surface area contributed by atoms with Crippen LogP contribution in [0.15, 0.2) is 273 Å². The molecule has 0 N–H and O–H groups in total. The molecule has 0 aliphatic carbocycles. The molecule has 3 aromatic heterocycles. The standard InChI is InChI=1S/C66H45N3Si/c1-5-24-46(25-6-1)50-32-13-17-37-55(50)68-60-42-22-41-59(67-56-38-18-14-33-51(56)52-34-15-19-39-57(52)67)64(60)65-61(68)43-23-44-62(65)69-58-40-20-16-35-53(58)54-36-21-45-63(66(54)69)70(47-26-7-2-8-27-47,48-28-9-3-10-29-48)49-30-11-4-12-31-49/h1-45H. The van der Waals surface area contributed by atoms with Crippen molar-refractivity contribution in [3.05, 3.63) is 273 Å². The minimum Gasteiger partial charge on any atom is -0.309 e. The molecule has 0 amide bonds. The van der Waals surface area contributed by atoms with E-state index >= 15 is 0 Å². The monoisotopic (exact) mass is 907 g/mol. The van der Waals surface area contributed by atoms with Crippen LogP contribution in [-0.2, 0) is 0 Å². The maximum Gasteiger partial charge on any atom is 0.181 e. The van der Waals surface area contributed by atoms with E-state index in [1.807, 2.05) is 0 Å². The summed E-state index contributed by atoms with van der Waals surface area (Å²) in [5.41, 5.74) is 12.8. The van der Waals surface area contributed by atoms with Crippen molar-refractivity contribution >= 4 is 94.2 Å². The molecule has 0 aliphatic heterocycles. The highest BCUT2D eigenvalue weighted by molar-refractivity contribution is 7.20. The van der Waals surface area contributed by atoms with Crippen molar-refractivity contribution < 1.29 is 0 Å². The Morgan fingerprint density at radius 3 is 1.14 bits per heavy atom. The molecule has 0 aliphatic rings. The summed E-state index contributed by atoms with van der Waals surface area (Å²) in [6.07, 6.45) is 0. The van der Waals surface area contributed by atoms with Gasteiger partial charge in [-0.05, 0) is 74.8 Å². The molecule has 14 aromatic rings. The minimum atomic E-state index is -3.05. The van der Waals surface area contributed by atoms with Gasteiger partial charge in [-0.15, -0.1) is 0 Å². The van der Waals surface area contributed by atoms with Gasteiger partial charge in [-0.3, -0.25) is 0 Å². The number of rotatable bonds is 8. The first-order valence-electron chi connectivity index (χ1n) is 24.2. The van der Waals surface area contributed by atoms with Crippen LogP contribution in [0.3, 0.4) is 0 Å². The van der Waals surface area contributed by atoms with E-state index in [0.29, 0.717) is 0 Å². The second-order valence-electron chi connectivity index (χ2n) is 18.3. The highest BCUT2D eigenvalue weighted by Gasteiger charge is 2.43. The average molecular weight is 908 g/mol. The Hall–Kier alpha value is -8.96. The van der Waals surface area contributed by atoms with Crippen molar-refractivity contribution in [2.24, 2.45) is 0 Å². The molecule has 4 heteroatoms. The Morgan fingerprint density at radius 2 is 0.600 bits per heavy atom. The van der Waals surface area contributed by atoms with Crippen molar-refractivity contribution in [1.29, 1.82) is 0 Å². The van der Waals surface area contributed by atoms with Gasteiger partial charge in [-0.2, -0.15) is 0 Å². The Kier molecular flexibility index (Phi) is 9.23. The normalized spacial score (nSPS) is 12.0. The van der Waals surface area contributed by atoms with E-state index in [2.05, 4.69) is 287 Å². The zero-order valence-electron chi connectivity index (χ0n) is 38.3. The maximum absolute atomic E-state index is 3.05. The summed E-state index contributed by atoms with van der Waals surface area (Å²) >= 11 is 0. The second kappa shape index (κ2) is 16.1. The Bertz CT molecular complexity index is 4130. The lowest BCUT2D eigenvalue weighted by molar-refractivity contribution is 1.17. The molecule has 0 bridgehead atoms. The van der Waals surface area contributed by atoms with E-state index in [1.165, 1.54) is 86.3 Å². The number of hydrogen-bond donors (Lipinski definition) is 0. The first-order valence-corrected chi connectivity index (χ1v) is 26.2. The van der Waals surface area contributed by atoms with Crippen LogP contribution >= 0.6 is 0 Å². The lowest BCUT2D eigenvalue weighted by atomic mass is 10.0. The van der Waals surface area contributed by atoms with Gasteiger partial charge in [0.2, 0.25) is 0 Å². The molecule has 0 saturated heterocycles.